The van der Waals surface area contributed by atoms with Crippen LogP contribution in [0.5, 0.6) is 0 Å². The number of esters is 1. The SMILES string of the molecule is CC1(C)C[C@@H]2[C@H](CCO)C(=O)O[C@@H]21. The molecule has 1 aliphatic carbocycles. The number of aliphatic hydroxyl groups excluding tert-OH is 1. The van der Waals surface area contributed by atoms with E-state index >= 15 is 0 Å². The lowest BCUT2D eigenvalue weighted by molar-refractivity contribution is -0.152. The summed E-state index contributed by atoms with van der Waals surface area (Å²) < 4.78 is 5.29. The monoisotopic (exact) mass is 184 g/mol. The van der Waals surface area contributed by atoms with Crippen LogP contribution < -0.4 is 0 Å². The number of rotatable bonds is 2. The van der Waals surface area contributed by atoms with Gasteiger partial charge in [-0.05, 0) is 12.8 Å². The molecule has 2 aliphatic rings. The van der Waals surface area contributed by atoms with Gasteiger partial charge in [0.15, 0.2) is 0 Å². The van der Waals surface area contributed by atoms with Gasteiger partial charge in [0, 0.05) is 17.9 Å². The van der Waals surface area contributed by atoms with Gasteiger partial charge in [-0.2, -0.15) is 0 Å². The molecule has 1 saturated heterocycles. The van der Waals surface area contributed by atoms with Crippen molar-refractivity contribution in [1.82, 2.24) is 0 Å². The second kappa shape index (κ2) is 2.71. The van der Waals surface area contributed by atoms with Crippen molar-refractivity contribution < 1.29 is 14.6 Å². The minimum Gasteiger partial charge on any atom is -0.461 e. The van der Waals surface area contributed by atoms with E-state index in [1.807, 2.05) is 0 Å². The van der Waals surface area contributed by atoms with Gasteiger partial charge in [-0.25, -0.2) is 0 Å². The molecule has 1 N–H and O–H groups in total. The van der Waals surface area contributed by atoms with Crippen LogP contribution in [0.15, 0.2) is 0 Å². The van der Waals surface area contributed by atoms with Gasteiger partial charge in [0.2, 0.25) is 0 Å². The highest BCUT2D eigenvalue weighted by Crippen LogP contribution is 2.55. The molecular formula is C10H16O3. The molecule has 0 amide bonds. The van der Waals surface area contributed by atoms with E-state index in [0.29, 0.717) is 12.3 Å². The van der Waals surface area contributed by atoms with E-state index in [-0.39, 0.29) is 30.0 Å². The fraction of sp³-hybridized carbons (Fsp3) is 0.900. The summed E-state index contributed by atoms with van der Waals surface area (Å²) in [6, 6.07) is 0. The van der Waals surface area contributed by atoms with Crippen molar-refractivity contribution in [3.8, 4) is 0 Å². The van der Waals surface area contributed by atoms with E-state index in [1.54, 1.807) is 0 Å². The molecule has 3 nitrogen and oxygen atoms in total. The second-order valence-corrected chi connectivity index (χ2v) is 4.83. The molecule has 0 aromatic rings. The van der Waals surface area contributed by atoms with Crippen molar-refractivity contribution in [3.63, 3.8) is 0 Å². The molecule has 0 unspecified atom stereocenters. The number of hydrogen-bond donors (Lipinski definition) is 1. The quantitative estimate of drug-likeness (QED) is 0.650. The van der Waals surface area contributed by atoms with Crippen molar-refractivity contribution in [2.24, 2.45) is 17.3 Å². The fourth-order valence-electron chi connectivity index (χ4n) is 2.71. The molecule has 2 fully saturated rings. The second-order valence-electron chi connectivity index (χ2n) is 4.83. The van der Waals surface area contributed by atoms with Crippen LogP contribution in [0.3, 0.4) is 0 Å². The summed E-state index contributed by atoms with van der Waals surface area (Å²) in [4.78, 5) is 11.4. The van der Waals surface area contributed by atoms with Crippen molar-refractivity contribution in [1.29, 1.82) is 0 Å². The molecule has 0 bridgehead atoms. The Morgan fingerprint density at radius 2 is 2.31 bits per heavy atom. The molecule has 3 heteroatoms. The van der Waals surface area contributed by atoms with Crippen molar-refractivity contribution in [2.45, 2.75) is 32.8 Å². The van der Waals surface area contributed by atoms with E-state index in [9.17, 15) is 4.79 Å². The van der Waals surface area contributed by atoms with E-state index in [2.05, 4.69) is 13.8 Å². The standard InChI is InChI=1S/C10H16O3/c1-10(2)5-7-6(3-4-11)9(12)13-8(7)10/h6-8,11H,3-5H2,1-2H3/t6-,7+,8-/m0/s1. The Labute approximate surface area is 78.1 Å². The summed E-state index contributed by atoms with van der Waals surface area (Å²) in [6.07, 6.45) is 1.72. The Hall–Kier alpha value is -0.570. The van der Waals surface area contributed by atoms with E-state index in [0.717, 1.165) is 6.42 Å². The zero-order valence-electron chi connectivity index (χ0n) is 8.12. The average molecular weight is 184 g/mol. The first-order valence-electron chi connectivity index (χ1n) is 4.87. The third-order valence-corrected chi connectivity index (χ3v) is 3.42. The lowest BCUT2D eigenvalue weighted by Gasteiger charge is -2.46. The molecule has 0 radical (unpaired) electrons. The smallest absolute Gasteiger partial charge is 0.309 e. The third kappa shape index (κ3) is 1.17. The summed E-state index contributed by atoms with van der Waals surface area (Å²) >= 11 is 0. The largest absolute Gasteiger partial charge is 0.461 e. The molecule has 74 valence electrons. The molecule has 3 atom stereocenters. The Balaban J connectivity index is 2.07. The normalized spacial score (nSPS) is 40.8. The topological polar surface area (TPSA) is 46.5 Å². The fourth-order valence-corrected chi connectivity index (χ4v) is 2.71. The molecule has 1 saturated carbocycles. The number of carbonyl (C=O) groups is 1. The van der Waals surface area contributed by atoms with Gasteiger partial charge in [0.05, 0.1) is 5.92 Å². The van der Waals surface area contributed by atoms with Crippen LogP contribution >= 0.6 is 0 Å². The summed E-state index contributed by atoms with van der Waals surface area (Å²) in [5.41, 5.74) is 0.157. The molecule has 0 aromatic carbocycles. The highest BCUT2D eigenvalue weighted by molar-refractivity contribution is 5.76. The van der Waals surface area contributed by atoms with Crippen LogP contribution in [0.1, 0.15) is 26.7 Å². The predicted octanol–water partition coefficient (Wildman–Crippen LogP) is 0.956. The van der Waals surface area contributed by atoms with Gasteiger partial charge in [0.25, 0.3) is 0 Å². The maximum Gasteiger partial charge on any atom is 0.309 e. The van der Waals surface area contributed by atoms with Crippen LogP contribution in [0.2, 0.25) is 0 Å². The van der Waals surface area contributed by atoms with Gasteiger partial charge < -0.3 is 9.84 Å². The van der Waals surface area contributed by atoms with Gasteiger partial charge >= 0.3 is 5.97 Å². The number of aliphatic hydroxyl groups is 1. The van der Waals surface area contributed by atoms with Crippen LogP contribution in [-0.2, 0) is 9.53 Å². The van der Waals surface area contributed by atoms with Crippen LogP contribution in [0, 0.1) is 17.3 Å². The lowest BCUT2D eigenvalue weighted by atomic mass is 9.59. The molecule has 13 heavy (non-hydrogen) atoms. The minimum absolute atomic E-state index is 0.0389. The Morgan fingerprint density at radius 3 is 2.77 bits per heavy atom. The summed E-state index contributed by atoms with van der Waals surface area (Å²) in [6.45, 7) is 4.34. The lowest BCUT2D eigenvalue weighted by Crippen LogP contribution is -2.48. The number of fused-ring (bicyclic) bond motifs is 1. The Morgan fingerprint density at radius 1 is 1.62 bits per heavy atom. The van der Waals surface area contributed by atoms with E-state index < -0.39 is 0 Å². The van der Waals surface area contributed by atoms with Gasteiger partial charge in [-0.15, -0.1) is 0 Å². The maximum absolute atomic E-state index is 11.4. The summed E-state index contributed by atoms with van der Waals surface area (Å²) in [5, 5.41) is 8.79. The third-order valence-electron chi connectivity index (χ3n) is 3.42. The zero-order chi connectivity index (χ0) is 9.64. The first-order valence-corrected chi connectivity index (χ1v) is 4.87. The highest BCUT2D eigenvalue weighted by Gasteiger charge is 2.59. The predicted molar refractivity (Wildman–Crippen MR) is 47.0 cm³/mol. The van der Waals surface area contributed by atoms with E-state index in [4.69, 9.17) is 9.84 Å². The molecule has 1 aliphatic heterocycles. The van der Waals surface area contributed by atoms with Crippen LogP contribution in [-0.4, -0.2) is 23.8 Å². The first kappa shape index (κ1) is 9.00. The molecule has 0 spiro atoms. The molecule has 2 rings (SSSR count). The van der Waals surface area contributed by atoms with Crippen molar-refractivity contribution in [3.05, 3.63) is 0 Å². The van der Waals surface area contributed by atoms with Crippen LogP contribution in [0.25, 0.3) is 0 Å². The number of hydrogen-bond acceptors (Lipinski definition) is 3. The van der Waals surface area contributed by atoms with Crippen molar-refractivity contribution >= 4 is 5.97 Å². The Kier molecular flexibility index (Phi) is 1.88. The van der Waals surface area contributed by atoms with Gasteiger partial charge in [0.1, 0.15) is 6.10 Å². The van der Waals surface area contributed by atoms with Gasteiger partial charge in [-0.1, -0.05) is 13.8 Å². The zero-order valence-corrected chi connectivity index (χ0v) is 8.12. The average Bonchev–Trinajstić information content (AvgIpc) is 2.30. The summed E-state index contributed by atoms with van der Waals surface area (Å²) in [7, 11) is 0. The maximum atomic E-state index is 11.4. The molecule has 1 heterocycles. The van der Waals surface area contributed by atoms with E-state index in [1.165, 1.54) is 0 Å². The number of carbonyl (C=O) groups excluding carboxylic acids is 1. The highest BCUT2D eigenvalue weighted by atomic mass is 16.6. The summed E-state index contributed by atoms with van der Waals surface area (Å²) in [5.74, 6) is 0.229. The first-order chi connectivity index (χ1) is 6.06. The van der Waals surface area contributed by atoms with Crippen molar-refractivity contribution in [2.75, 3.05) is 6.61 Å². The van der Waals surface area contributed by atoms with Gasteiger partial charge in [-0.3, -0.25) is 4.79 Å². The Bertz CT molecular complexity index is 234. The minimum atomic E-state index is -0.102. The van der Waals surface area contributed by atoms with Crippen LogP contribution in [0.4, 0.5) is 0 Å². The molecule has 0 aromatic heterocycles. The number of ether oxygens (including phenoxy) is 1. The molecular weight excluding hydrogens is 168 g/mol.